The van der Waals surface area contributed by atoms with Gasteiger partial charge in [-0.25, -0.2) is 4.79 Å². The molecule has 1 fully saturated rings. The Hall–Kier alpha value is -3.95. The maximum atomic E-state index is 13.3. The number of nitrogens with one attached hydrogen (secondary N) is 1. The van der Waals surface area contributed by atoms with Gasteiger partial charge in [0.25, 0.3) is 17.5 Å². The maximum Gasteiger partial charge on any atom is 0.342 e. The topological polar surface area (TPSA) is 128 Å². The van der Waals surface area contributed by atoms with Crippen LogP contribution in [0.15, 0.2) is 42.5 Å². The van der Waals surface area contributed by atoms with Crippen molar-refractivity contribution in [3.63, 3.8) is 0 Å². The lowest BCUT2D eigenvalue weighted by atomic mass is 9.90. The Kier molecular flexibility index (Phi) is 5.52. The van der Waals surface area contributed by atoms with Gasteiger partial charge in [-0.2, -0.15) is 0 Å². The molecule has 1 spiro atoms. The molecule has 1 saturated carbocycles. The molecule has 10 heteroatoms. The summed E-state index contributed by atoms with van der Waals surface area (Å²) in [5, 5.41) is 13.9. The van der Waals surface area contributed by atoms with E-state index in [9.17, 15) is 24.5 Å². The summed E-state index contributed by atoms with van der Waals surface area (Å²) in [6.07, 6.45) is 2.60. The number of fused-ring (bicyclic) bond motifs is 1. The van der Waals surface area contributed by atoms with Gasteiger partial charge in [-0.1, -0.05) is 25.0 Å². The number of anilines is 2. The van der Waals surface area contributed by atoms with Crippen LogP contribution in [-0.2, 0) is 14.3 Å². The molecule has 2 aliphatic rings. The lowest BCUT2D eigenvalue weighted by molar-refractivity contribution is -0.384. The molecule has 2 amide bonds. The van der Waals surface area contributed by atoms with Crippen LogP contribution in [0.3, 0.4) is 0 Å². The molecule has 166 valence electrons. The first kappa shape index (κ1) is 21.3. The van der Waals surface area contributed by atoms with E-state index in [1.807, 2.05) is 0 Å². The Bertz CT molecular complexity index is 1110. The zero-order valence-corrected chi connectivity index (χ0v) is 17.3. The van der Waals surface area contributed by atoms with E-state index in [0.717, 1.165) is 18.9 Å². The standard InChI is InChI=1S/C22H21N3O7/c1-31-18-9-8-14(25(29)30)12-15(18)20(27)32-13-19(26)24-17-7-3-2-6-16(17)23-21(28)22(24)10-4-5-11-22/h2-3,6-9,12H,4-5,10-11,13H2,1H3,(H,23,28). The van der Waals surface area contributed by atoms with E-state index in [-0.39, 0.29) is 22.9 Å². The van der Waals surface area contributed by atoms with Gasteiger partial charge in [0.05, 0.1) is 23.4 Å². The number of para-hydroxylation sites is 2. The zero-order valence-electron chi connectivity index (χ0n) is 17.3. The number of esters is 1. The summed E-state index contributed by atoms with van der Waals surface area (Å²) in [4.78, 5) is 50.7. The first-order valence-corrected chi connectivity index (χ1v) is 10.1. The highest BCUT2D eigenvalue weighted by atomic mass is 16.6. The van der Waals surface area contributed by atoms with Crippen LogP contribution in [0.1, 0.15) is 36.0 Å². The minimum absolute atomic E-state index is 0.0861. The predicted octanol–water partition coefficient (Wildman–Crippen LogP) is 3.06. The summed E-state index contributed by atoms with van der Waals surface area (Å²) >= 11 is 0. The maximum absolute atomic E-state index is 13.3. The van der Waals surface area contributed by atoms with Gasteiger partial charge in [0.1, 0.15) is 16.9 Å². The van der Waals surface area contributed by atoms with Crippen molar-refractivity contribution in [1.82, 2.24) is 0 Å². The van der Waals surface area contributed by atoms with Gasteiger partial charge >= 0.3 is 5.97 Å². The SMILES string of the molecule is COc1ccc([N+](=O)[O-])cc1C(=O)OCC(=O)N1c2ccccc2NC(=O)C12CCCC2. The van der Waals surface area contributed by atoms with Crippen molar-refractivity contribution in [2.45, 2.75) is 31.2 Å². The summed E-state index contributed by atoms with van der Waals surface area (Å²) in [5.74, 6) is -1.65. The molecular formula is C22H21N3O7. The Labute approximate surface area is 183 Å². The fourth-order valence-electron chi connectivity index (χ4n) is 4.37. The Balaban J connectivity index is 1.60. The molecule has 1 heterocycles. The largest absolute Gasteiger partial charge is 0.496 e. The van der Waals surface area contributed by atoms with Crippen molar-refractivity contribution in [3.05, 3.63) is 58.1 Å². The molecule has 0 unspecified atom stereocenters. The molecule has 2 aromatic rings. The first-order valence-electron chi connectivity index (χ1n) is 10.1. The van der Waals surface area contributed by atoms with Crippen LogP contribution in [0, 0.1) is 10.1 Å². The van der Waals surface area contributed by atoms with Gasteiger partial charge in [0.2, 0.25) is 0 Å². The second-order valence-corrected chi connectivity index (χ2v) is 7.66. The Morgan fingerprint density at radius 1 is 1.19 bits per heavy atom. The Morgan fingerprint density at radius 3 is 2.59 bits per heavy atom. The summed E-state index contributed by atoms with van der Waals surface area (Å²) in [7, 11) is 1.32. The third-order valence-electron chi connectivity index (χ3n) is 5.86. The van der Waals surface area contributed by atoms with Gasteiger partial charge in [0, 0.05) is 12.1 Å². The molecule has 32 heavy (non-hydrogen) atoms. The third kappa shape index (κ3) is 3.53. The number of hydrogen-bond acceptors (Lipinski definition) is 7. The van der Waals surface area contributed by atoms with Crippen molar-refractivity contribution in [3.8, 4) is 5.75 Å². The normalized spacial score (nSPS) is 16.3. The summed E-state index contributed by atoms with van der Waals surface area (Å²) in [5.41, 5.74) is -0.448. The van der Waals surface area contributed by atoms with Crippen LogP contribution < -0.4 is 15.0 Å². The van der Waals surface area contributed by atoms with E-state index < -0.39 is 28.9 Å². The number of hydrogen-bond donors (Lipinski definition) is 1. The third-order valence-corrected chi connectivity index (χ3v) is 5.86. The van der Waals surface area contributed by atoms with Crippen molar-refractivity contribution in [1.29, 1.82) is 0 Å². The van der Waals surface area contributed by atoms with Crippen LogP contribution in [0.2, 0.25) is 0 Å². The van der Waals surface area contributed by atoms with Crippen molar-refractivity contribution >= 4 is 34.8 Å². The lowest BCUT2D eigenvalue weighted by Crippen LogP contribution is -2.61. The number of ether oxygens (including phenoxy) is 2. The van der Waals surface area contributed by atoms with Crippen molar-refractivity contribution in [2.24, 2.45) is 0 Å². The quantitative estimate of drug-likeness (QED) is 0.431. The number of nitro groups is 1. The van der Waals surface area contributed by atoms with Gasteiger partial charge in [-0.15, -0.1) is 0 Å². The highest BCUT2D eigenvalue weighted by Gasteiger charge is 2.52. The number of carbonyl (C=O) groups is 3. The van der Waals surface area contributed by atoms with E-state index in [1.165, 1.54) is 24.1 Å². The minimum Gasteiger partial charge on any atom is -0.496 e. The number of nitrogens with zero attached hydrogens (tertiary/aromatic N) is 2. The molecule has 0 bridgehead atoms. The Morgan fingerprint density at radius 2 is 1.91 bits per heavy atom. The number of amides is 2. The predicted molar refractivity (Wildman–Crippen MR) is 114 cm³/mol. The smallest absolute Gasteiger partial charge is 0.342 e. The minimum atomic E-state index is -1.03. The number of carbonyl (C=O) groups excluding carboxylic acids is 3. The summed E-state index contributed by atoms with van der Waals surface area (Å²) in [6.45, 7) is -0.631. The number of methoxy groups -OCH3 is 1. The summed E-state index contributed by atoms with van der Waals surface area (Å²) < 4.78 is 10.3. The van der Waals surface area contributed by atoms with E-state index in [1.54, 1.807) is 24.3 Å². The molecule has 2 aromatic carbocycles. The molecule has 1 aliphatic heterocycles. The molecule has 0 aromatic heterocycles. The average Bonchev–Trinajstić information content (AvgIpc) is 3.28. The van der Waals surface area contributed by atoms with Gasteiger partial charge in [-0.3, -0.25) is 24.6 Å². The second-order valence-electron chi connectivity index (χ2n) is 7.66. The molecule has 10 nitrogen and oxygen atoms in total. The zero-order chi connectivity index (χ0) is 22.9. The lowest BCUT2D eigenvalue weighted by Gasteiger charge is -2.44. The fraction of sp³-hybridized carbons (Fsp3) is 0.318. The second kappa shape index (κ2) is 8.29. The number of rotatable bonds is 5. The van der Waals surface area contributed by atoms with E-state index in [0.29, 0.717) is 24.2 Å². The number of nitro benzene ring substituents is 1. The van der Waals surface area contributed by atoms with Crippen LogP contribution in [-0.4, -0.2) is 42.0 Å². The molecule has 4 rings (SSSR count). The molecule has 0 atom stereocenters. The van der Waals surface area contributed by atoms with Crippen molar-refractivity contribution < 1.29 is 28.8 Å². The van der Waals surface area contributed by atoms with Gasteiger partial charge < -0.3 is 14.8 Å². The number of non-ortho nitro benzene ring substituents is 1. The number of benzene rings is 2. The van der Waals surface area contributed by atoms with Crippen LogP contribution in [0.4, 0.5) is 17.1 Å². The molecule has 1 N–H and O–H groups in total. The van der Waals surface area contributed by atoms with Gasteiger partial charge in [-0.05, 0) is 31.0 Å². The fourth-order valence-corrected chi connectivity index (χ4v) is 4.37. The first-order chi connectivity index (χ1) is 15.4. The van der Waals surface area contributed by atoms with E-state index in [2.05, 4.69) is 5.32 Å². The molecule has 0 radical (unpaired) electrons. The average molecular weight is 439 g/mol. The molecule has 0 saturated heterocycles. The van der Waals surface area contributed by atoms with E-state index in [4.69, 9.17) is 9.47 Å². The summed E-state index contributed by atoms with van der Waals surface area (Å²) in [6, 6.07) is 10.5. The van der Waals surface area contributed by atoms with Crippen LogP contribution >= 0.6 is 0 Å². The van der Waals surface area contributed by atoms with Crippen LogP contribution in [0.5, 0.6) is 5.75 Å². The monoisotopic (exact) mass is 439 g/mol. The van der Waals surface area contributed by atoms with E-state index >= 15 is 0 Å². The van der Waals surface area contributed by atoms with Crippen molar-refractivity contribution in [2.75, 3.05) is 23.9 Å². The van der Waals surface area contributed by atoms with Crippen LogP contribution in [0.25, 0.3) is 0 Å². The van der Waals surface area contributed by atoms with Gasteiger partial charge in [0.15, 0.2) is 6.61 Å². The highest BCUT2D eigenvalue weighted by molar-refractivity contribution is 6.15. The molecular weight excluding hydrogens is 418 g/mol. The highest BCUT2D eigenvalue weighted by Crippen LogP contribution is 2.45. The molecule has 1 aliphatic carbocycles.